The molecule has 1 aromatic heterocycles. The van der Waals surface area contributed by atoms with Gasteiger partial charge >= 0.3 is 0 Å². The highest BCUT2D eigenvalue weighted by atomic mass is 32.1. The topological polar surface area (TPSA) is 54.4 Å². The number of hydrogen-bond donors (Lipinski definition) is 1. The van der Waals surface area contributed by atoms with Crippen LogP contribution in [0.5, 0.6) is 0 Å². The van der Waals surface area contributed by atoms with Gasteiger partial charge < -0.3 is 5.32 Å². The van der Waals surface area contributed by atoms with Crippen molar-refractivity contribution in [2.75, 3.05) is 5.32 Å². The SMILES string of the molecule is CC(C)(C)C(=O)Nc1nc(N=C=S)cs1. The smallest absolute Gasteiger partial charge is 0.231 e. The Morgan fingerprint density at radius 2 is 2.33 bits per heavy atom. The van der Waals surface area contributed by atoms with Crippen LogP contribution in [0.2, 0.25) is 0 Å². The average Bonchev–Trinajstić information content (AvgIpc) is 2.51. The number of isothiocyanates is 1. The minimum absolute atomic E-state index is 0.0743. The van der Waals surface area contributed by atoms with E-state index < -0.39 is 5.41 Å². The summed E-state index contributed by atoms with van der Waals surface area (Å²) in [5.41, 5.74) is -0.431. The van der Waals surface area contributed by atoms with Gasteiger partial charge in [-0.3, -0.25) is 4.79 Å². The molecule has 1 heterocycles. The molecule has 0 spiro atoms. The molecule has 80 valence electrons. The molecule has 0 atom stereocenters. The van der Waals surface area contributed by atoms with Gasteiger partial charge in [-0.1, -0.05) is 20.8 Å². The van der Waals surface area contributed by atoms with Crippen molar-refractivity contribution in [3.63, 3.8) is 0 Å². The molecular formula is C9H11N3OS2. The number of aromatic nitrogens is 1. The number of nitrogens with one attached hydrogen (secondary N) is 1. The molecule has 0 unspecified atom stereocenters. The standard InChI is InChI=1S/C9H11N3OS2/c1-9(2,3)7(13)12-8-11-6(4-15-8)10-5-14/h4H,1-3H3,(H,11,12,13). The van der Waals surface area contributed by atoms with Gasteiger partial charge in [0.15, 0.2) is 10.9 Å². The number of thiazole rings is 1. The zero-order chi connectivity index (χ0) is 11.5. The van der Waals surface area contributed by atoms with Crippen LogP contribution < -0.4 is 5.32 Å². The van der Waals surface area contributed by atoms with E-state index in [0.717, 1.165) is 0 Å². The average molecular weight is 241 g/mol. The molecule has 1 amide bonds. The van der Waals surface area contributed by atoms with E-state index in [0.29, 0.717) is 10.9 Å². The first-order chi connectivity index (χ1) is 6.93. The molecule has 4 nitrogen and oxygen atoms in total. The van der Waals surface area contributed by atoms with Gasteiger partial charge in [0.05, 0.1) is 5.16 Å². The van der Waals surface area contributed by atoms with Crippen LogP contribution in [0.1, 0.15) is 20.8 Å². The molecular weight excluding hydrogens is 230 g/mol. The van der Waals surface area contributed by atoms with Crippen molar-refractivity contribution >= 4 is 45.6 Å². The quantitative estimate of drug-likeness (QED) is 0.640. The van der Waals surface area contributed by atoms with E-state index in [9.17, 15) is 4.79 Å². The van der Waals surface area contributed by atoms with E-state index in [4.69, 9.17) is 0 Å². The second kappa shape index (κ2) is 4.61. The first kappa shape index (κ1) is 12.0. The van der Waals surface area contributed by atoms with Crippen LogP contribution in [0, 0.1) is 5.41 Å². The fraction of sp³-hybridized carbons (Fsp3) is 0.444. The Bertz CT molecular complexity index is 413. The Hall–Kier alpha value is -1.10. The first-order valence-corrected chi connectivity index (χ1v) is 5.57. The van der Waals surface area contributed by atoms with Gasteiger partial charge in [-0.05, 0) is 12.2 Å². The largest absolute Gasteiger partial charge is 0.301 e. The number of rotatable bonds is 2. The van der Waals surface area contributed by atoms with Gasteiger partial charge in [0.25, 0.3) is 0 Å². The lowest BCUT2D eigenvalue weighted by molar-refractivity contribution is -0.123. The van der Waals surface area contributed by atoms with Gasteiger partial charge in [-0.25, -0.2) is 0 Å². The lowest BCUT2D eigenvalue weighted by Crippen LogP contribution is -2.27. The monoisotopic (exact) mass is 241 g/mol. The molecule has 0 aliphatic carbocycles. The number of anilines is 1. The van der Waals surface area contributed by atoms with Gasteiger partial charge in [-0.15, -0.1) is 11.3 Å². The Balaban J connectivity index is 2.73. The van der Waals surface area contributed by atoms with E-state index in [1.807, 2.05) is 20.8 Å². The summed E-state index contributed by atoms with van der Waals surface area (Å²) in [6.45, 7) is 5.52. The van der Waals surface area contributed by atoms with Gasteiger partial charge in [0, 0.05) is 10.8 Å². The Morgan fingerprint density at radius 3 is 2.87 bits per heavy atom. The third-order valence-corrected chi connectivity index (χ3v) is 2.39. The van der Waals surface area contributed by atoms with Gasteiger partial charge in [0.1, 0.15) is 0 Å². The number of aliphatic imine (C=N–C) groups is 1. The van der Waals surface area contributed by atoms with Gasteiger partial charge in [0.2, 0.25) is 5.91 Å². The summed E-state index contributed by atoms with van der Waals surface area (Å²) < 4.78 is 0. The molecule has 0 radical (unpaired) electrons. The lowest BCUT2D eigenvalue weighted by atomic mass is 9.96. The molecule has 1 rings (SSSR count). The number of nitrogens with zero attached hydrogens (tertiary/aromatic N) is 2. The molecule has 0 fully saturated rings. The summed E-state index contributed by atoms with van der Waals surface area (Å²) in [7, 11) is 0. The third-order valence-electron chi connectivity index (χ3n) is 1.55. The molecule has 1 aromatic rings. The summed E-state index contributed by atoms with van der Waals surface area (Å²) in [5, 5.41) is 7.16. The molecule has 0 saturated carbocycles. The fourth-order valence-electron chi connectivity index (χ4n) is 0.705. The van der Waals surface area contributed by atoms with Crippen LogP contribution in [-0.4, -0.2) is 16.1 Å². The van der Waals surface area contributed by atoms with E-state index in [1.54, 1.807) is 5.38 Å². The van der Waals surface area contributed by atoms with E-state index in [1.165, 1.54) is 11.3 Å². The van der Waals surface area contributed by atoms with Crippen molar-refractivity contribution in [2.24, 2.45) is 10.4 Å². The second-order valence-electron chi connectivity index (χ2n) is 3.92. The first-order valence-electron chi connectivity index (χ1n) is 4.28. The minimum atomic E-state index is -0.431. The lowest BCUT2D eigenvalue weighted by Gasteiger charge is -2.15. The maximum Gasteiger partial charge on any atom is 0.231 e. The fourth-order valence-corrected chi connectivity index (χ4v) is 1.42. The highest BCUT2D eigenvalue weighted by Crippen LogP contribution is 2.23. The van der Waals surface area contributed by atoms with Crippen molar-refractivity contribution in [3.05, 3.63) is 5.38 Å². The predicted molar refractivity (Wildman–Crippen MR) is 64.9 cm³/mol. The molecule has 0 aromatic carbocycles. The summed E-state index contributed by atoms with van der Waals surface area (Å²) in [4.78, 5) is 19.3. The van der Waals surface area contributed by atoms with Crippen LogP contribution in [0.25, 0.3) is 0 Å². The summed E-state index contributed by atoms with van der Waals surface area (Å²) >= 11 is 5.76. The number of thiocarbonyl (C=S) groups is 1. The minimum Gasteiger partial charge on any atom is -0.301 e. The van der Waals surface area contributed by atoms with Crippen LogP contribution in [0.4, 0.5) is 10.9 Å². The Morgan fingerprint density at radius 1 is 1.67 bits per heavy atom. The Labute approximate surface area is 97.4 Å². The van der Waals surface area contributed by atoms with Crippen LogP contribution in [0.15, 0.2) is 10.4 Å². The zero-order valence-electron chi connectivity index (χ0n) is 8.70. The zero-order valence-corrected chi connectivity index (χ0v) is 10.3. The van der Waals surface area contributed by atoms with Crippen molar-refractivity contribution in [2.45, 2.75) is 20.8 Å². The number of carbonyl (C=O) groups is 1. The van der Waals surface area contributed by atoms with E-state index in [-0.39, 0.29) is 5.91 Å². The maximum absolute atomic E-state index is 11.6. The molecule has 0 aliphatic heterocycles. The van der Waals surface area contributed by atoms with E-state index >= 15 is 0 Å². The number of carbonyl (C=O) groups excluding carboxylic acids is 1. The van der Waals surface area contributed by atoms with Gasteiger partial charge in [-0.2, -0.15) is 9.98 Å². The molecule has 0 aliphatic rings. The van der Waals surface area contributed by atoms with E-state index in [2.05, 4.69) is 32.7 Å². The third kappa shape index (κ3) is 3.51. The molecule has 0 bridgehead atoms. The second-order valence-corrected chi connectivity index (χ2v) is 4.96. The number of hydrogen-bond acceptors (Lipinski definition) is 5. The van der Waals surface area contributed by atoms with Crippen molar-refractivity contribution in [1.29, 1.82) is 0 Å². The summed E-state index contributed by atoms with van der Waals surface area (Å²) in [6, 6.07) is 0. The number of amides is 1. The van der Waals surface area contributed by atoms with Crippen LogP contribution in [-0.2, 0) is 4.79 Å². The highest BCUT2D eigenvalue weighted by molar-refractivity contribution is 7.78. The van der Waals surface area contributed by atoms with Crippen molar-refractivity contribution in [1.82, 2.24) is 4.98 Å². The van der Waals surface area contributed by atoms with Crippen LogP contribution >= 0.6 is 23.6 Å². The van der Waals surface area contributed by atoms with Crippen molar-refractivity contribution < 1.29 is 4.79 Å². The molecule has 1 N–H and O–H groups in total. The normalized spacial score (nSPS) is 10.6. The summed E-state index contributed by atoms with van der Waals surface area (Å²) in [5.74, 6) is 0.397. The molecule has 15 heavy (non-hydrogen) atoms. The summed E-state index contributed by atoms with van der Waals surface area (Å²) in [6.07, 6.45) is 0. The maximum atomic E-state index is 11.6. The Kier molecular flexibility index (Phi) is 3.68. The predicted octanol–water partition coefficient (Wildman–Crippen LogP) is 2.86. The van der Waals surface area contributed by atoms with Crippen molar-refractivity contribution in [3.8, 4) is 0 Å². The molecule has 0 saturated heterocycles. The highest BCUT2D eigenvalue weighted by Gasteiger charge is 2.22. The molecule has 6 heteroatoms. The van der Waals surface area contributed by atoms with Crippen LogP contribution in [0.3, 0.4) is 0 Å².